The zero-order chi connectivity index (χ0) is 10.7. The van der Waals surface area contributed by atoms with E-state index in [1.807, 2.05) is 0 Å². The van der Waals surface area contributed by atoms with Gasteiger partial charge in [0.2, 0.25) is 0 Å². The number of hydrogen-bond acceptors (Lipinski definition) is 3. The van der Waals surface area contributed by atoms with Crippen LogP contribution in [-0.4, -0.2) is 17.4 Å². The molecule has 2 saturated carbocycles. The van der Waals surface area contributed by atoms with Crippen molar-refractivity contribution in [3.05, 3.63) is 0 Å². The first kappa shape index (κ1) is 9.37. The van der Waals surface area contributed by atoms with Gasteiger partial charge < -0.3 is 4.74 Å². The van der Waals surface area contributed by atoms with Gasteiger partial charge in [-0.05, 0) is 32.6 Å². The number of carbonyl (C=O) groups excluding carboxylic acids is 2. The second-order valence-corrected chi connectivity index (χ2v) is 5.38. The number of ether oxygens (including phenoxy) is 1. The molecule has 82 valence electrons. The van der Waals surface area contributed by atoms with Crippen molar-refractivity contribution in [2.75, 3.05) is 0 Å². The van der Waals surface area contributed by atoms with Gasteiger partial charge in [0.05, 0.1) is 0 Å². The Hall–Kier alpha value is -0.860. The van der Waals surface area contributed by atoms with E-state index in [0.29, 0.717) is 6.42 Å². The van der Waals surface area contributed by atoms with Crippen LogP contribution in [0.2, 0.25) is 0 Å². The summed E-state index contributed by atoms with van der Waals surface area (Å²) in [6.07, 6.45) is 5.50. The third kappa shape index (κ3) is 0.918. The first-order valence-corrected chi connectivity index (χ1v) is 5.86. The molecule has 0 aromatic rings. The summed E-state index contributed by atoms with van der Waals surface area (Å²) in [4.78, 5) is 23.8. The Morgan fingerprint density at radius 1 is 1.27 bits per heavy atom. The van der Waals surface area contributed by atoms with Crippen molar-refractivity contribution in [1.29, 1.82) is 0 Å². The van der Waals surface area contributed by atoms with Gasteiger partial charge in [-0.1, -0.05) is 6.42 Å². The molecule has 2 aliphatic carbocycles. The number of esters is 1. The molecule has 15 heavy (non-hydrogen) atoms. The van der Waals surface area contributed by atoms with Gasteiger partial charge in [-0.3, -0.25) is 9.59 Å². The van der Waals surface area contributed by atoms with Crippen molar-refractivity contribution in [2.45, 2.75) is 51.0 Å². The second kappa shape index (κ2) is 2.63. The van der Waals surface area contributed by atoms with E-state index in [1.165, 1.54) is 0 Å². The third-order valence-corrected chi connectivity index (χ3v) is 4.75. The molecule has 0 spiro atoms. The summed E-state index contributed by atoms with van der Waals surface area (Å²) in [6.45, 7) is 1.80. The maximum Gasteiger partial charge on any atom is 0.320 e. The van der Waals surface area contributed by atoms with Gasteiger partial charge in [0.15, 0.2) is 0 Å². The van der Waals surface area contributed by atoms with Crippen LogP contribution in [-0.2, 0) is 14.3 Å². The van der Waals surface area contributed by atoms with Gasteiger partial charge >= 0.3 is 5.97 Å². The van der Waals surface area contributed by atoms with Crippen molar-refractivity contribution in [3.8, 4) is 0 Å². The SMILES string of the molecule is C[C@@]12C(=O)CC[C@]3(CCCC[C@@H]31)OC2=O. The summed E-state index contributed by atoms with van der Waals surface area (Å²) in [5, 5.41) is 0. The molecule has 3 nitrogen and oxygen atoms in total. The van der Waals surface area contributed by atoms with Gasteiger partial charge in [0.1, 0.15) is 16.8 Å². The summed E-state index contributed by atoms with van der Waals surface area (Å²) < 4.78 is 5.59. The monoisotopic (exact) mass is 208 g/mol. The zero-order valence-corrected chi connectivity index (χ0v) is 9.04. The minimum Gasteiger partial charge on any atom is -0.458 e. The molecule has 1 heterocycles. The Morgan fingerprint density at radius 3 is 2.87 bits per heavy atom. The predicted molar refractivity (Wildman–Crippen MR) is 53.1 cm³/mol. The zero-order valence-electron chi connectivity index (χ0n) is 9.04. The molecule has 1 aliphatic heterocycles. The normalized spacial score (nSPS) is 48.7. The standard InChI is InChI=1S/C12H16O3/c1-11-8-4-2-3-6-12(8,15-10(11)14)7-5-9(11)13/h8H,2-7H2,1H3/t8-,11+,12+/m1/s1. The van der Waals surface area contributed by atoms with E-state index in [0.717, 1.165) is 32.1 Å². The second-order valence-electron chi connectivity index (χ2n) is 5.38. The Bertz CT molecular complexity index is 349. The molecule has 3 aliphatic rings. The highest BCUT2D eigenvalue weighted by atomic mass is 16.6. The molecular formula is C12H16O3. The summed E-state index contributed by atoms with van der Waals surface area (Å²) >= 11 is 0. The van der Waals surface area contributed by atoms with Crippen molar-refractivity contribution in [2.24, 2.45) is 11.3 Å². The molecule has 3 fully saturated rings. The van der Waals surface area contributed by atoms with Crippen molar-refractivity contribution < 1.29 is 14.3 Å². The van der Waals surface area contributed by atoms with Crippen LogP contribution in [0.15, 0.2) is 0 Å². The molecule has 3 rings (SSSR count). The largest absolute Gasteiger partial charge is 0.458 e. The molecule has 1 saturated heterocycles. The molecule has 0 aromatic heterocycles. The molecule has 2 bridgehead atoms. The number of hydrogen-bond donors (Lipinski definition) is 0. The third-order valence-electron chi connectivity index (χ3n) is 4.75. The van der Waals surface area contributed by atoms with Gasteiger partial charge in [0, 0.05) is 12.3 Å². The van der Waals surface area contributed by atoms with Crippen LogP contribution in [0, 0.1) is 11.3 Å². The maximum absolute atomic E-state index is 11.9. The molecule has 0 radical (unpaired) electrons. The fraction of sp³-hybridized carbons (Fsp3) is 0.833. The molecule has 3 heteroatoms. The van der Waals surface area contributed by atoms with E-state index in [4.69, 9.17) is 4.74 Å². The average molecular weight is 208 g/mol. The molecule has 3 atom stereocenters. The smallest absolute Gasteiger partial charge is 0.320 e. The van der Waals surface area contributed by atoms with E-state index < -0.39 is 5.41 Å². The fourth-order valence-corrected chi connectivity index (χ4v) is 3.82. The highest BCUT2D eigenvalue weighted by Crippen LogP contribution is 2.58. The lowest BCUT2D eigenvalue weighted by Crippen LogP contribution is -2.50. The van der Waals surface area contributed by atoms with E-state index in [2.05, 4.69) is 0 Å². The summed E-state index contributed by atoms with van der Waals surface area (Å²) in [5.41, 5.74) is -1.07. The van der Waals surface area contributed by atoms with E-state index in [-0.39, 0.29) is 23.3 Å². The van der Waals surface area contributed by atoms with Crippen LogP contribution < -0.4 is 0 Å². The van der Waals surface area contributed by atoms with Crippen LogP contribution in [0.5, 0.6) is 0 Å². The average Bonchev–Trinajstić information content (AvgIpc) is 2.41. The van der Waals surface area contributed by atoms with Crippen LogP contribution in [0.1, 0.15) is 45.4 Å². The highest BCUT2D eigenvalue weighted by Gasteiger charge is 2.68. The minimum atomic E-state index is -0.807. The van der Waals surface area contributed by atoms with Gasteiger partial charge in [-0.25, -0.2) is 0 Å². The van der Waals surface area contributed by atoms with E-state index in [1.54, 1.807) is 6.92 Å². The molecule has 0 unspecified atom stereocenters. The van der Waals surface area contributed by atoms with Crippen LogP contribution in [0.4, 0.5) is 0 Å². The first-order valence-electron chi connectivity index (χ1n) is 5.86. The maximum atomic E-state index is 11.9. The molecule has 0 aromatic carbocycles. The lowest BCUT2D eigenvalue weighted by atomic mass is 9.57. The van der Waals surface area contributed by atoms with Crippen LogP contribution in [0.25, 0.3) is 0 Å². The highest BCUT2D eigenvalue weighted by molar-refractivity contribution is 6.06. The Balaban J connectivity index is 2.11. The fourth-order valence-electron chi connectivity index (χ4n) is 3.82. The van der Waals surface area contributed by atoms with Crippen molar-refractivity contribution >= 4 is 11.8 Å². The van der Waals surface area contributed by atoms with Crippen LogP contribution >= 0.6 is 0 Å². The minimum absolute atomic E-state index is 0.104. The van der Waals surface area contributed by atoms with Gasteiger partial charge in [-0.2, -0.15) is 0 Å². The van der Waals surface area contributed by atoms with E-state index >= 15 is 0 Å². The molecular weight excluding hydrogens is 192 g/mol. The van der Waals surface area contributed by atoms with E-state index in [9.17, 15) is 9.59 Å². The summed E-state index contributed by atoms with van der Waals surface area (Å²) in [7, 11) is 0. The Labute approximate surface area is 89.2 Å². The lowest BCUT2D eigenvalue weighted by molar-refractivity contribution is -0.154. The Morgan fingerprint density at radius 2 is 2.07 bits per heavy atom. The predicted octanol–water partition coefficient (Wildman–Crippen LogP) is 1.84. The van der Waals surface area contributed by atoms with Crippen molar-refractivity contribution in [1.82, 2.24) is 0 Å². The van der Waals surface area contributed by atoms with Crippen molar-refractivity contribution in [3.63, 3.8) is 0 Å². The Kier molecular flexibility index (Phi) is 1.64. The summed E-state index contributed by atoms with van der Waals surface area (Å²) in [5.74, 6) is 0.0110. The van der Waals surface area contributed by atoms with Gasteiger partial charge in [-0.15, -0.1) is 0 Å². The summed E-state index contributed by atoms with van der Waals surface area (Å²) in [6, 6.07) is 0. The lowest BCUT2D eigenvalue weighted by Gasteiger charge is -2.43. The van der Waals surface area contributed by atoms with Gasteiger partial charge in [0.25, 0.3) is 0 Å². The molecule has 0 amide bonds. The quantitative estimate of drug-likeness (QED) is 0.450. The molecule has 0 N–H and O–H groups in total. The van der Waals surface area contributed by atoms with Crippen LogP contribution in [0.3, 0.4) is 0 Å². The number of ketones is 1. The number of Topliss-reactive ketones (excluding diaryl/α,β-unsaturated/α-hetero) is 1. The first-order chi connectivity index (χ1) is 7.09. The number of rotatable bonds is 0. The number of carbonyl (C=O) groups is 2. The topological polar surface area (TPSA) is 43.4 Å².